The van der Waals surface area contributed by atoms with Crippen LogP contribution in [0.5, 0.6) is 5.75 Å². The number of aldehydes is 1. The van der Waals surface area contributed by atoms with Gasteiger partial charge in [-0.15, -0.1) is 0 Å². The molecular weight excluding hydrogens is 346 g/mol. The fraction of sp³-hybridized carbons (Fsp3) is 0.286. The minimum atomic E-state index is -0.938. The Hall–Kier alpha value is -3.15. The Kier molecular flexibility index (Phi) is 5.86. The van der Waals surface area contributed by atoms with Crippen LogP contribution in [0.25, 0.3) is 0 Å². The van der Waals surface area contributed by atoms with Crippen LogP contribution in [0.2, 0.25) is 0 Å². The topological polar surface area (TPSA) is 81.7 Å². The fourth-order valence-corrected chi connectivity index (χ4v) is 2.96. The van der Waals surface area contributed by atoms with Crippen LogP contribution in [0, 0.1) is 0 Å². The van der Waals surface area contributed by atoms with Crippen LogP contribution in [-0.2, 0) is 27.2 Å². The Bertz CT molecular complexity index is 844. The number of amides is 1. The average molecular weight is 367 g/mol. The van der Waals surface area contributed by atoms with E-state index >= 15 is 0 Å². The van der Waals surface area contributed by atoms with Crippen LogP contribution in [0.3, 0.4) is 0 Å². The highest BCUT2D eigenvalue weighted by molar-refractivity contribution is 5.95. The van der Waals surface area contributed by atoms with Crippen LogP contribution >= 0.6 is 0 Å². The molecule has 3 rings (SSSR count). The number of carbonyl (C=O) groups is 3. The SMILES string of the molecule is C[C@H](OC(=O)COc1ccc(C=O)cc1)C(=O)Nc1ccc2c(c1)CCC2. The number of aryl methyl sites for hydroxylation is 2. The Morgan fingerprint density at radius 2 is 1.85 bits per heavy atom. The summed E-state index contributed by atoms with van der Waals surface area (Å²) in [6.07, 6.45) is 3.02. The molecule has 1 N–H and O–H groups in total. The van der Waals surface area contributed by atoms with Crippen LogP contribution in [0.1, 0.15) is 34.8 Å². The van der Waals surface area contributed by atoms with Gasteiger partial charge in [0, 0.05) is 11.3 Å². The first kappa shape index (κ1) is 18.6. The lowest BCUT2D eigenvalue weighted by Gasteiger charge is -2.14. The van der Waals surface area contributed by atoms with Gasteiger partial charge in [0.2, 0.25) is 0 Å². The normalized spacial score (nSPS) is 13.4. The van der Waals surface area contributed by atoms with Gasteiger partial charge in [0.05, 0.1) is 0 Å². The summed E-state index contributed by atoms with van der Waals surface area (Å²) in [5, 5.41) is 2.77. The van der Waals surface area contributed by atoms with Crippen molar-refractivity contribution in [1.82, 2.24) is 0 Å². The van der Waals surface area contributed by atoms with Gasteiger partial charge in [-0.1, -0.05) is 6.07 Å². The first-order valence-electron chi connectivity index (χ1n) is 8.85. The molecule has 0 saturated carbocycles. The summed E-state index contributed by atoms with van der Waals surface area (Å²) in [6.45, 7) is 1.19. The van der Waals surface area contributed by atoms with Gasteiger partial charge in [0.15, 0.2) is 12.7 Å². The zero-order valence-corrected chi connectivity index (χ0v) is 15.1. The van der Waals surface area contributed by atoms with Gasteiger partial charge < -0.3 is 14.8 Å². The highest BCUT2D eigenvalue weighted by Crippen LogP contribution is 2.25. The third-order valence-electron chi connectivity index (χ3n) is 4.42. The maximum absolute atomic E-state index is 12.2. The van der Waals surface area contributed by atoms with E-state index < -0.39 is 18.0 Å². The number of fused-ring (bicyclic) bond motifs is 1. The Morgan fingerprint density at radius 1 is 1.11 bits per heavy atom. The lowest BCUT2D eigenvalue weighted by atomic mass is 10.1. The van der Waals surface area contributed by atoms with Crippen LogP contribution in [-0.4, -0.2) is 30.9 Å². The molecule has 6 heteroatoms. The van der Waals surface area contributed by atoms with Crippen LogP contribution in [0.4, 0.5) is 5.69 Å². The van der Waals surface area contributed by atoms with Crippen LogP contribution < -0.4 is 10.1 Å². The highest BCUT2D eigenvalue weighted by Gasteiger charge is 2.19. The molecule has 0 unspecified atom stereocenters. The van der Waals surface area contributed by atoms with Gasteiger partial charge in [-0.05, 0) is 73.7 Å². The van der Waals surface area contributed by atoms with Gasteiger partial charge in [0.25, 0.3) is 5.91 Å². The molecule has 0 bridgehead atoms. The Labute approximate surface area is 157 Å². The maximum Gasteiger partial charge on any atom is 0.344 e. The molecule has 1 atom stereocenters. The molecule has 0 aliphatic heterocycles. The number of carbonyl (C=O) groups excluding carboxylic acids is 3. The van der Waals surface area contributed by atoms with Crippen molar-refractivity contribution in [3.8, 4) is 5.75 Å². The number of hydrogen-bond donors (Lipinski definition) is 1. The van der Waals surface area contributed by atoms with E-state index in [9.17, 15) is 14.4 Å². The molecule has 0 radical (unpaired) electrons. The molecule has 0 heterocycles. The minimum Gasteiger partial charge on any atom is -0.482 e. The average Bonchev–Trinajstić information content (AvgIpc) is 3.14. The van der Waals surface area contributed by atoms with E-state index in [0.717, 1.165) is 25.5 Å². The predicted octanol–water partition coefficient (Wildman–Crippen LogP) is 2.94. The molecule has 0 aromatic heterocycles. The van der Waals surface area contributed by atoms with Crippen LogP contribution in [0.15, 0.2) is 42.5 Å². The number of ether oxygens (including phenoxy) is 2. The van der Waals surface area contributed by atoms with Crippen molar-refractivity contribution in [1.29, 1.82) is 0 Å². The molecule has 2 aromatic carbocycles. The molecule has 0 fully saturated rings. The largest absolute Gasteiger partial charge is 0.482 e. The van der Waals surface area contributed by atoms with Crippen molar-refractivity contribution in [2.45, 2.75) is 32.3 Å². The van der Waals surface area contributed by atoms with Crippen molar-refractivity contribution >= 4 is 23.9 Å². The number of anilines is 1. The highest BCUT2D eigenvalue weighted by atomic mass is 16.6. The number of benzene rings is 2. The quantitative estimate of drug-likeness (QED) is 0.601. The summed E-state index contributed by atoms with van der Waals surface area (Å²) >= 11 is 0. The molecule has 2 aromatic rings. The zero-order chi connectivity index (χ0) is 19.2. The van der Waals surface area contributed by atoms with Crippen molar-refractivity contribution in [2.24, 2.45) is 0 Å². The smallest absolute Gasteiger partial charge is 0.344 e. The summed E-state index contributed by atoms with van der Waals surface area (Å²) in [5.41, 5.74) is 3.80. The Morgan fingerprint density at radius 3 is 2.59 bits per heavy atom. The molecule has 27 heavy (non-hydrogen) atoms. The van der Waals surface area contributed by atoms with Crippen molar-refractivity contribution in [3.05, 3.63) is 59.2 Å². The summed E-state index contributed by atoms with van der Waals surface area (Å²) in [7, 11) is 0. The van der Waals surface area contributed by atoms with Gasteiger partial charge in [0.1, 0.15) is 12.0 Å². The standard InChI is InChI=1S/C21H21NO5/c1-14(21(25)22-18-8-7-16-3-2-4-17(16)11-18)27-20(24)13-26-19-9-5-15(12-23)6-10-19/h5-12,14H,2-4,13H2,1H3,(H,22,25)/t14-/m0/s1. The van der Waals surface area contributed by atoms with E-state index in [1.54, 1.807) is 24.3 Å². The van der Waals surface area contributed by atoms with Gasteiger partial charge in [-0.3, -0.25) is 9.59 Å². The second-order valence-corrected chi connectivity index (χ2v) is 6.43. The molecule has 1 amide bonds. The molecule has 1 aliphatic rings. The summed E-state index contributed by atoms with van der Waals surface area (Å²) in [4.78, 5) is 34.7. The van der Waals surface area contributed by atoms with E-state index in [1.807, 2.05) is 18.2 Å². The first-order chi connectivity index (χ1) is 13.0. The van der Waals surface area contributed by atoms with Gasteiger partial charge in [-0.2, -0.15) is 0 Å². The molecular formula is C21H21NO5. The summed E-state index contributed by atoms with van der Waals surface area (Å²) in [5.74, 6) is -0.601. The third-order valence-corrected chi connectivity index (χ3v) is 4.42. The number of nitrogens with one attached hydrogen (secondary N) is 1. The minimum absolute atomic E-state index is 0.323. The zero-order valence-electron chi connectivity index (χ0n) is 15.1. The van der Waals surface area contributed by atoms with E-state index in [-0.39, 0.29) is 6.61 Å². The van der Waals surface area contributed by atoms with Crippen molar-refractivity contribution in [3.63, 3.8) is 0 Å². The predicted molar refractivity (Wildman–Crippen MR) is 100.0 cm³/mol. The number of esters is 1. The number of rotatable bonds is 7. The molecule has 1 aliphatic carbocycles. The maximum atomic E-state index is 12.2. The van der Waals surface area contributed by atoms with Gasteiger partial charge in [-0.25, -0.2) is 4.79 Å². The van der Waals surface area contributed by atoms with E-state index in [1.165, 1.54) is 18.1 Å². The first-order valence-corrected chi connectivity index (χ1v) is 8.85. The second-order valence-electron chi connectivity index (χ2n) is 6.43. The van der Waals surface area contributed by atoms with Crippen molar-refractivity contribution < 1.29 is 23.9 Å². The molecule has 6 nitrogen and oxygen atoms in total. The third kappa shape index (κ3) is 4.94. The lowest BCUT2D eigenvalue weighted by Crippen LogP contribution is -2.31. The fourth-order valence-electron chi connectivity index (χ4n) is 2.96. The molecule has 0 saturated heterocycles. The van der Waals surface area contributed by atoms with Crippen molar-refractivity contribution in [2.75, 3.05) is 11.9 Å². The van der Waals surface area contributed by atoms with E-state index in [4.69, 9.17) is 9.47 Å². The number of hydrogen-bond acceptors (Lipinski definition) is 5. The van der Waals surface area contributed by atoms with E-state index in [2.05, 4.69) is 5.32 Å². The summed E-state index contributed by atoms with van der Waals surface area (Å²) in [6, 6.07) is 12.2. The second kappa shape index (κ2) is 8.49. The molecule has 140 valence electrons. The van der Waals surface area contributed by atoms with E-state index in [0.29, 0.717) is 17.0 Å². The lowest BCUT2D eigenvalue weighted by molar-refractivity contribution is -0.155. The Balaban J connectivity index is 1.46. The summed E-state index contributed by atoms with van der Waals surface area (Å²) < 4.78 is 10.4. The van der Waals surface area contributed by atoms with Gasteiger partial charge >= 0.3 is 5.97 Å². The monoisotopic (exact) mass is 367 g/mol. The molecule has 0 spiro atoms.